The average Bonchev–Trinajstić information content (AvgIpc) is 2.40. The molecule has 0 aliphatic carbocycles. The minimum Gasteiger partial charge on any atom is -0.507 e. The Bertz CT molecular complexity index is 544. The Balaban J connectivity index is 2.14. The SMILES string of the molecule is O=C(Cc1ccc(CO)cc1)c1ccccc1O. The molecule has 0 unspecified atom stereocenters. The molecule has 0 aromatic heterocycles. The number of aromatic hydroxyl groups is 1. The molecule has 0 heterocycles. The van der Waals surface area contributed by atoms with Gasteiger partial charge in [0.2, 0.25) is 0 Å². The third kappa shape index (κ3) is 2.76. The Morgan fingerprint density at radius 2 is 1.56 bits per heavy atom. The molecule has 0 aliphatic rings. The Kier molecular flexibility index (Phi) is 3.75. The lowest BCUT2D eigenvalue weighted by atomic mass is 10.0. The lowest BCUT2D eigenvalue weighted by molar-refractivity contribution is 0.0990. The van der Waals surface area contributed by atoms with Crippen molar-refractivity contribution >= 4 is 5.78 Å². The van der Waals surface area contributed by atoms with E-state index in [0.717, 1.165) is 11.1 Å². The molecule has 0 saturated heterocycles. The van der Waals surface area contributed by atoms with Crippen LogP contribution in [-0.2, 0) is 13.0 Å². The topological polar surface area (TPSA) is 57.5 Å². The van der Waals surface area contributed by atoms with Crippen LogP contribution in [0.5, 0.6) is 5.75 Å². The maximum absolute atomic E-state index is 12.0. The number of phenols is 1. The lowest BCUT2D eigenvalue weighted by Gasteiger charge is -2.04. The molecule has 0 spiro atoms. The quantitative estimate of drug-likeness (QED) is 0.809. The van der Waals surface area contributed by atoms with Crippen LogP contribution in [0, 0.1) is 0 Å². The van der Waals surface area contributed by atoms with E-state index >= 15 is 0 Å². The van der Waals surface area contributed by atoms with Gasteiger partial charge >= 0.3 is 0 Å². The van der Waals surface area contributed by atoms with Gasteiger partial charge in [0.05, 0.1) is 12.2 Å². The van der Waals surface area contributed by atoms with Crippen LogP contribution in [0.2, 0.25) is 0 Å². The summed E-state index contributed by atoms with van der Waals surface area (Å²) in [6.45, 7) is -0.00625. The highest BCUT2D eigenvalue weighted by Crippen LogP contribution is 2.18. The van der Waals surface area contributed by atoms with Crippen molar-refractivity contribution in [2.24, 2.45) is 0 Å². The monoisotopic (exact) mass is 242 g/mol. The number of phenolic OH excluding ortho intramolecular Hbond substituents is 1. The van der Waals surface area contributed by atoms with Crippen molar-refractivity contribution in [3.8, 4) is 5.75 Å². The summed E-state index contributed by atoms with van der Waals surface area (Å²) in [7, 11) is 0. The molecule has 92 valence electrons. The normalized spacial score (nSPS) is 10.3. The molecule has 3 nitrogen and oxygen atoms in total. The number of para-hydroxylation sites is 1. The summed E-state index contributed by atoms with van der Waals surface area (Å²) in [5.74, 6) is -0.112. The lowest BCUT2D eigenvalue weighted by Crippen LogP contribution is -2.03. The number of aliphatic hydroxyl groups excluding tert-OH is 1. The van der Waals surface area contributed by atoms with Crippen LogP contribution in [0.4, 0.5) is 0 Å². The van der Waals surface area contributed by atoms with Gasteiger partial charge in [0.25, 0.3) is 0 Å². The van der Waals surface area contributed by atoms with Crippen LogP contribution in [0.1, 0.15) is 21.5 Å². The molecule has 3 heteroatoms. The average molecular weight is 242 g/mol. The molecule has 0 saturated carbocycles. The zero-order chi connectivity index (χ0) is 13.0. The van der Waals surface area contributed by atoms with Crippen molar-refractivity contribution in [3.63, 3.8) is 0 Å². The molecule has 2 aromatic rings. The molecule has 18 heavy (non-hydrogen) atoms. The fourth-order valence-corrected chi connectivity index (χ4v) is 1.75. The van der Waals surface area contributed by atoms with E-state index in [1.807, 2.05) is 12.1 Å². The molecule has 0 atom stereocenters. The van der Waals surface area contributed by atoms with Gasteiger partial charge in [0, 0.05) is 6.42 Å². The minimum atomic E-state index is -0.121. The van der Waals surface area contributed by atoms with Crippen molar-refractivity contribution in [1.29, 1.82) is 0 Å². The van der Waals surface area contributed by atoms with Gasteiger partial charge in [-0.25, -0.2) is 0 Å². The van der Waals surface area contributed by atoms with Gasteiger partial charge < -0.3 is 10.2 Å². The van der Waals surface area contributed by atoms with Gasteiger partial charge in [-0.05, 0) is 23.3 Å². The van der Waals surface area contributed by atoms with E-state index in [0.29, 0.717) is 5.56 Å². The van der Waals surface area contributed by atoms with E-state index < -0.39 is 0 Å². The highest BCUT2D eigenvalue weighted by molar-refractivity contribution is 5.99. The van der Waals surface area contributed by atoms with E-state index in [-0.39, 0.29) is 24.6 Å². The molecule has 0 radical (unpaired) electrons. The van der Waals surface area contributed by atoms with Crippen molar-refractivity contribution in [2.75, 3.05) is 0 Å². The Labute approximate surface area is 105 Å². The second-order valence-corrected chi connectivity index (χ2v) is 4.09. The number of aliphatic hydroxyl groups is 1. The summed E-state index contributed by atoms with van der Waals surface area (Å²) < 4.78 is 0. The Morgan fingerprint density at radius 3 is 2.17 bits per heavy atom. The van der Waals surface area contributed by atoms with Gasteiger partial charge in [-0.2, -0.15) is 0 Å². The smallest absolute Gasteiger partial charge is 0.170 e. The second kappa shape index (κ2) is 5.47. The standard InChI is InChI=1S/C15H14O3/c16-10-12-7-5-11(6-8-12)9-15(18)13-3-1-2-4-14(13)17/h1-8,16-17H,9-10H2. The molecule has 2 rings (SSSR count). The maximum atomic E-state index is 12.0. The first-order chi connectivity index (χ1) is 8.70. The maximum Gasteiger partial charge on any atom is 0.170 e. The zero-order valence-electron chi connectivity index (χ0n) is 9.84. The third-order valence-electron chi connectivity index (χ3n) is 2.77. The van der Waals surface area contributed by atoms with Crippen molar-refractivity contribution in [2.45, 2.75) is 13.0 Å². The van der Waals surface area contributed by atoms with E-state index in [2.05, 4.69) is 0 Å². The van der Waals surface area contributed by atoms with Gasteiger partial charge in [-0.3, -0.25) is 4.79 Å². The number of ketones is 1. The van der Waals surface area contributed by atoms with Gasteiger partial charge in [0.15, 0.2) is 5.78 Å². The van der Waals surface area contributed by atoms with Crippen LogP contribution in [0.15, 0.2) is 48.5 Å². The van der Waals surface area contributed by atoms with Gasteiger partial charge in [-0.15, -0.1) is 0 Å². The van der Waals surface area contributed by atoms with E-state index in [4.69, 9.17) is 5.11 Å². The van der Waals surface area contributed by atoms with Crippen LogP contribution >= 0.6 is 0 Å². The number of Topliss-reactive ketones (excluding diaryl/α,β-unsaturated/α-hetero) is 1. The second-order valence-electron chi connectivity index (χ2n) is 4.09. The van der Waals surface area contributed by atoms with Crippen LogP contribution < -0.4 is 0 Å². The van der Waals surface area contributed by atoms with Crippen LogP contribution in [-0.4, -0.2) is 16.0 Å². The number of carbonyl (C=O) groups excluding carboxylic acids is 1. The summed E-state index contributed by atoms with van der Waals surface area (Å²) in [6, 6.07) is 13.7. The molecular formula is C15H14O3. The van der Waals surface area contributed by atoms with Crippen molar-refractivity contribution in [1.82, 2.24) is 0 Å². The fourth-order valence-electron chi connectivity index (χ4n) is 1.75. The first kappa shape index (κ1) is 12.3. The third-order valence-corrected chi connectivity index (χ3v) is 2.77. The fraction of sp³-hybridized carbons (Fsp3) is 0.133. The van der Waals surface area contributed by atoms with Crippen molar-refractivity contribution < 1.29 is 15.0 Å². The summed E-state index contributed by atoms with van der Waals surface area (Å²) in [6.07, 6.45) is 0.239. The summed E-state index contributed by atoms with van der Waals surface area (Å²) in [5, 5.41) is 18.5. The van der Waals surface area contributed by atoms with Gasteiger partial charge in [0.1, 0.15) is 5.75 Å². The summed E-state index contributed by atoms with van der Waals surface area (Å²) >= 11 is 0. The summed E-state index contributed by atoms with van der Waals surface area (Å²) in [5.41, 5.74) is 2.01. The minimum absolute atomic E-state index is 0.00625. The van der Waals surface area contributed by atoms with Crippen molar-refractivity contribution in [3.05, 3.63) is 65.2 Å². The van der Waals surface area contributed by atoms with E-state index in [9.17, 15) is 9.90 Å². The summed E-state index contributed by atoms with van der Waals surface area (Å²) in [4.78, 5) is 12.0. The number of carbonyl (C=O) groups is 1. The predicted octanol–water partition coefficient (Wildman–Crippen LogP) is 2.31. The highest BCUT2D eigenvalue weighted by Gasteiger charge is 2.10. The largest absolute Gasteiger partial charge is 0.507 e. The van der Waals surface area contributed by atoms with E-state index in [1.54, 1.807) is 30.3 Å². The molecular weight excluding hydrogens is 228 g/mol. The number of hydrogen-bond acceptors (Lipinski definition) is 3. The molecule has 2 N–H and O–H groups in total. The molecule has 2 aromatic carbocycles. The molecule has 0 fully saturated rings. The molecule has 0 amide bonds. The molecule has 0 aliphatic heterocycles. The predicted molar refractivity (Wildman–Crippen MR) is 68.5 cm³/mol. The number of benzene rings is 2. The number of rotatable bonds is 4. The highest BCUT2D eigenvalue weighted by atomic mass is 16.3. The van der Waals surface area contributed by atoms with Crippen LogP contribution in [0.3, 0.4) is 0 Å². The Morgan fingerprint density at radius 1 is 0.944 bits per heavy atom. The molecule has 0 bridgehead atoms. The first-order valence-electron chi connectivity index (χ1n) is 5.70. The zero-order valence-corrected chi connectivity index (χ0v) is 9.84. The van der Waals surface area contributed by atoms with Gasteiger partial charge in [-0.1, -0.05) is 36.4 Å². The van der Waals surface area contributed by atoms with E-state index in [1.165, 1.54) is 6.07 Å². The Hall–Kier alpha value is -2.13. The first-order valence-corrected chi connectivity index (χ1v) is 5.70. The van der Waals surface area contributed by atoms with Crippen LogP contribution in [0.25, 0.3) is 0 Å². The number of hydrogen-bond donors (Lipinski definition) is 2.